The molecule has 0 aliphatic rings. The molecular weight excluding hydrogens is 138 g/mol. The molecule has 0 aliphatic heterocycles. The molecule has 0 rings (SSSR count). The highest BCUT2D eigenvalue weighted by molar-refractivity contribution is 5.46. The Morgan fingerprint density at radius 3 is 2.09 bits per heavy atom. The van der Waals surface area contributed by atoms with Gasteiger partial charge in [-0.25, -0.2) is 0 Å². The first-order valence-electron chi connectivity index (χ1n) is 4.54. The number of hydrogen-bond donors (Lipinski definition) is 0. The van der Waals surface area contributed by atoms with E-state index in [1.807, 2.05) is 20.8 Å². The van der Waals surface area contributed by atoms with E-state index < -0.39 is 0 Å². The van der Waals surface area contributed by atoms with Crippen molar-refractivity contribution in [1.29, 1.82) is 0 Å². The first-order valence-corrected chi connectivity index (χ1v) is 4.54. The van der Waals surface area contributed by atoms with Gasteiger partial charge in [-0.05, 0) is 13.3 Å². The molecule has 0 spiro atoms. The van der Waals surface area contributed by atoms with E-state index in [2.05, 4.69) is 6.92 Å². The van der Waals surface area contributed by atoms with E-state index in [0.717, 1.165) is 32.3 Å². The van der Waals surface area contributed by atoms with Crippen LogP contribution in [0.5, 0.6) is 0 Å². The summed E-state index contributed by atoms with van der Waals surface area (Å²) in [6.07, 6.45) is 3.19. The second-order valence-electron chi connectivity index (χ2n) is 2.09. The molecule has 2 heteroatoms. The van der Waals surface area contributed by atoms with Crippen LogP contribution in [0.3, 0.4) is 0 Å². The Bertz CT molecular complexity index is 74.0. The van der Waals surface area contributed by atoms with Crippen molar-refractivity contribution in [3.63, 3.8) is 0 Å². The SMILES string of the molecule is CC.CCCCN(C=O)CC. The van der Waals surface area contributed by atoms with Gasteiger partial charge < -0.3 is 4.90 Å². The fourth-order valence-corrected chi connectivity index (χ4v) is 0.647. The van der Waals surface area contributed by atoms with E-state index in [0.29, 0.717) is 0 Å². The molecule has 11 heavy (non-hydrogen) atoms. The third-order valence-electron chi connectivity index (χ3n) is 1.35. The van der Waals surface area contributed by atoms with E-state index in [1.165, 1.54) is 0 Å². The summed E-state index contributed by atoms with van der Waals surface area (Å²) in [5.41, 5.74) is 0. The molecule has 0 aromatic carbocycles. The van der Waals surface area contributed by atoms with E-state index in [1.54, 1.807) is 4.90 Å². The normalized spacial score (nSPS) is 8.00. The Balaban J connectivity index is 0. The van der Waals surface area contributed by atoms with Crippen molar-refractivity contribution in [3.8, 4) is 0 Å². The molecule has 0 aromatic heterocycles. The molecule has 0 N–H and O–H groups in total. The number of carbonyl (C=O) groups is 1. The lowest BCUT2D eigenvalue weighted by molar-refractivity contribution is -0.118. The van der Waals surface area contributed by atoms with Crippen LogP contribution in [0.2, 0.25) is 0 Å². The Labute approximate surface area is 70.6 Å². The standard InChI is InChI=1S/C7H15NO.C2H6/c1-3-5-6-8(4-2)7-9;1-2/h7H,3-6H2,1-2H3;1-2H3. The van der Waals surface area contributed by atoms with E-state index >= 15 is 0 Å². The smallest absolute Gasteiger partial charge is 0.209 e. The summed E-state index contributed by atoms with van der Waals surface area (Å²) >= 11 is 0. The molecule has 0 fully saturated rings. The van der Waals surface area contributed by atoms with Crippen LogP contribution in [-0.4, -0.2) is 24.4 Å². The Hall–Kier alpha value is -0.530. The second-order valence-corrected chi connectivity index (χ2v) is 2.09. The summed E-state index contributed by atoms with van der Waals surface area (Å²) in [6.45, 7) is 9.86. The molecule has 0 saturated carbocycles. The highest BCUT2D eigenvalue weighted by Crippen LogP contribution is 1.89. The molecule has 0 aromatic rings. The predicted octanol–water partition coefficient (Wildman–Crippen LogP) is 2.29. The van der Waals surface area contributed by atoms with Gasteiger partial charge in [-0.2, -0.15) is 0 Å². The van der Waals surface area contributed by atoms with Gasteiger partial charge in [0.05, 0.1) is 0 Å². The Morgan fingerprint density at radius 1 is 1.27 bits per heavy atom. The fraction of sp³-hybridized carbons (Fsp3) is 0.889. The molecule has 0 saturated heterocycles. The summed E-state index contributed by atoms with van der Waals surface area (Å²) in [4.78, 5) is 11.9. The maximum absolute atomic E-state index is 10.2. The second kappa shape index (κ2) is 12.2. The van der Waals surface area contributed by atoms with Crippen molar-refractivity contribution in [2.45, 2.75) is 40.5 Å². The number of carbonyl (C=O) groups excluding carboxylic acids is 1. The zero-order chi connectivity index (χ0) is 9.11. The fourth-order valence-electron chi connectivity index (χ4n) is 0.647. The largest absolute Gasteiger partial charge is 0.346 e. The lowest BCUT2D eigenvalue weighted by Crippen LogP contribution is -2.22. The van der Waals surface area contributed by atoms with E-state index in [-0.39, 0.29) is 0 Å². The minimum Gasteiger partial charge on any atom is -0.346 e. The molecule has 0 bridgehead atoms. The summed E-state index contributed by atoms with van der Waals surface area (Å²) in [5.74, 6) is 0. The number of unbranched alkanes of at least 4 members (excludes halogenated alkanes) is 1. The minimum absolute atomic E-state index is 0.837. The molecule has 0 radical (unpaired) electrons. The number of rotatable bonds is 5. The monoisotopic (exact) mass is 159 g/mol. The Morgan fingerprint density at radius 2 is 1.82 bits per heavy atom. The summed E-state index contributed by atoms with van der Waals surface area (Å²) in [7, 11) is 0. The highest BCUT2D eigenvalue weighted by Gasteiger charge is 1.93. The first kappa shape index (κ1) is 13.1. The van der Waals surface area contributed by atoms with Crippen molar-refractivity contribution < 1.29 is 4.79 Å². The van der Waals surface area contributed by atoms with Gasteiger partial charge in [0.1, 0.15) is 0 Å². The minimum atomic E-state index is 0.837. The molecule has 0 heterocycles. The van der Waals surface area contributed by atoms with E-state index in [9.17, 15) is 4.79 Å². The van der Waals surface area contributed by atoms with Crippen LogP contribution in [-0.2, 0) is 4.79 Å². The molecular formula is C9H21NO. The first-order chi connectivity index (χ1) is 5.35. The van der Waals surface area contributed by atoms with Crippen LogP contribution in [0.25, 0.3) is 0 Å². The third kappa shape index (κ3) is 9.47. The lowest BCUT2D eigenvalue weighted by atomic mass is 10.3. The number of hydrogen-bond acceptors (Lipinski definition) is 1. The van der Waals surface area contributed by atoms with Crippen molar-refractivity contribution in [2.24, 2.45) is 0 Å². The number of nitrogens with zero attached hydrogens (tertiary/aromatic N) is 1. The van der Waals surface area contributed by atoms with Crippen molar-refractivity contribution >= 4 is 6.41 Å². The topological polar surface area (TPSA) is 20.3 Å². The molecule has 0 atom stereocenters. The van der Waals surface area contributed by atoms with Crippen molar-refractivity contribution in [2.75, 3.05) is 13.1 Å². The maximum Gasteiger partial charge on any atom is 0.209 e. The summed E-state index contributed by atoms with van der Waals surface area (Å²) < 4.78 is 0. The lowest BCUT2D eigenvalue weighted by Gasteiger charge is -2.12. The average Bonchev–Trinajstić information content (AvgIpc) is 2.10. The van der Waals surface area contributed by atoms with E-state index in [4.69, 9.17) is 0 Å². The van der Waals surface area contributed by atoms with Gasteiger partial charge >= 0.3 is 0 Å². The van der Waals surface area contributed by atoms with Gasteiger partial charge in [-0.1, -0.05) is 27.2 Å². The zero-order valence-electron chi connectivity index (χ0n) is 8.26. The van der Waals surface area contributed by atoms with Crippen LogP contribution in [0.1, 0.15) is 40.5 Å². The Kier molecular flexibility index (Phi) is 14.5. The van der Waals surface area contributed by atoms with Gasteiger partial charge in [-0.15, -0.1) is 0 Å². The third-order valence-corrected chi connectivity index (χ3v) is 1.35. The van der Waals surface area contributed by atoms with Crippen molar-refractivity contribution in [3.05, 3.63) is 0 Å². The van der Waals surface area contributed by atoms with Crippen LogP contribution in [0.15, 0.2) is 0 Å². The number of amides is 1. The van der Waals surface area contributed by atoms with Gasteiger partial charge in [0, 0.05) is 13.1 Å². The summed E-state index contributed by atoms with van der Waals surface area (Å²) in [5, 5.41) is 0. The van der Waals surface area contributed by atoms with Crippen LogP contribution >= 0.6 is 0 Å². The average molecular weight is 159 g/mol. The van der Waals surface area contributed by atoms with Gasteiger partial charge in [0.15, 0.2) is 0 Å². The van der Waals surface area contributed by atoms with Gasteiger partial charge in [0.2, 0.25) is 6.41 Å². The van der Waals surface area contributed by atoms with Crippen LogP contribution < -0.4 is 0 Å². The van der Waals surface area contributed by atoms with Crippen LogP contribution in [0, 0.1) is 0 Å². The zero-order valence-corrected chi connectivity index (χ0v) is 8.26. The quantitative estimate of drug-likeness (QED) is 0.564. The molecule has 1 amide bonds. The maximum atomic E-state index is 10.2. The highest BCUT2D eigenvalue weighted by atomic mass is 16.1. The summed E-state index contributed by atoms with van der Waals surface area (Å²) in [6, 6.07) is 0. The molecule has 68 valence electrons. The van der Waals surface area contributed by atoms with Crippen molar-refractivity contribution in [1.82, 2.24) is 4.90 Å². The predicted molar refractivity (Wildman–Crippen MR) is 49.6 cm³/mol. The van der Waals surface area contributed by atoms with Gasteiger partial charge in [-0.3, -0.25) is 4.79 Å². The van der Waals surface area contributed by atoms with Crippen LogP contribution in [0.4, 0.5) is 0 Å². The molecule has 0 aliphatic carbocycles. The molecule has 0 unspecified atom stereocenters. The van der Waals surface area contributed by atoms with Gasteiger partial charge in [0.25, 0.3) is 0 Å². The molecule has 2 nitrogen and oxygen atoms in total.